The van der Waals surface area contributed by atoms with Crippen molar-refractivity contribution in [2.75, 3.05) is 19.8 Å². The van der Waals surface area contributed by atoms with Crippen molar-refractivity contribution >= 4 is 11.9 Å². The average molecular weight is 213 g/mol. The Morgan fingerprint density at radius 1 is 1.67 bits per heavy atom. The summed E-state index contributed by atoms with van der Waals surface area (Å²) in [7, 11) is 0. The third kappa shape index (κ3) is 1.51. The van der Waals surface area contributed by atoms with Crippen molar-refractivity contribution in [3.63, 3.8) is 0 Å². The van der Waals surface area contributed by atoms with E-state index >= 15 is 0 Å². The molecule has 5 heteroatoms. The monoisotopic (exact) mass is 213 g/mol. The molecule has 2 atom stereocenters. The number of nitrogens with zero attached hydrogens (tertiary/aromatic N) is 1. The summed E-state index contributed by atoms with van der Waals surface area (Å²) in [6.45, 7) is 2.85. The zero-order valence-electron chi connectivity index (χ0n) is 8.73. The number of hydrogen-bond donors (Lipinski definition) is 1. The van der Waals surface area contributed by atoms with Crippen molar-refractivity contribution in [1.82, 2.24) is 4.90 Å². The van der Waals surface area contributed by atoms with Crippen LogP contribution in [0.15, 0.2) is 0 Å². The lowest BCUT2D eigenvalue weighted by atomic mass is 9.84. The molecule has 2 heterocycles. The highest BCUT2D eigenvalue weighted by atomic mass is 16.5. The predicted octanol–water partition coefficient (Wildman–Crippen LogP) is 0.0985. The van der Waals surface area contributed by atoms with Crippen molar-refractivity contribution in [1.29, 1.82) is 0 Å². The zero-order valence-corrected chi connectivity index (χ0v) is 8.73. The molecule has 2 aliphatic heterocycles. The number of carboxylic acids is 1. The molecule has 0 radical (unpaired) electrons. The molecular formula is C10H15NO4. The third-order valence-electron chi connectivity index (χ3n) is 3.39. The fourth-order valence-corrected chi connectivity index (χ4v) is 2.30. The number of carbonyl (C=O) groups excluding carboxylic acids is 1. The molecule has 2 saturated heterocycles. The first-order valence-corrected chi connectivity index (χ1v) is 5.16. The molecule has 1 N–H and O–H groups in total. The van der Waals surface area contributed by atoms with Gasteiger partial charge in [0, 0.05) is 13.0 Å². The van der Waals surface area contributed by atoms with Gasteiger partial charge in [-0.1, -0.05) is 0 Å². The van der Waals surface area contributed by atoms with Gasteiger partial charge in [0.1, 0.15) is 5.41 Å². The Bertz CT molecular complexity index is 304. The lowest BCUT2D eigenvalue weighted by Crippen LogP contribution is -2.50. The molecular weight excluding hydrogens is 198 g/mol. The molecule has 0 bridgehead atoms. The molecule has 0 aromatic heterocycles. The van der Waals surface area contributed by atoms with Gasteiger partial charge in [0.2, 0.25) is 5.91 Å². The number of likely N-dealkylation sites (tertiary alicyclic amines) is 1. The third-order valence-corrected chi connectivity index (χ3v) is 3.39. The first kappa shape index (κ1) is 10.4. The molecule has 2 fully saturated rings. The summed E-state index contributed by atoms with van der Waals surface area (Å²) in [6, 6.07) is -0.301. The van der Waals surface area contributed by atoms with Crippen molar-refractivity contribution in [2.45, 2.75) is 25.8 Å². The topological polar surface area (TPSA) is 66.8 Å². The van der Waals surface area contributed by atoms with E-state index in [1.807, 2.05) is 0 Å². The summed E-state index contributed by atoms with van der Waals surface area (Å²) in [4.78, 5) is 24.4. The van der Waals surface area contributed by atoms with Crippen molar-refractivity contribution < 1.29 is 19.4 Å². The van der Waals surface area contributed by atoms with Crippen molar-refractivity contribution in [3.05, 3.63) is 0 Å². The minimum absolute atomic E-state index is 0.0537. The van der Waals surface area contributed by atoms with Crippen LogP contribution in [0.4, 0.5) is 0 Å². The van der Waals surface area contributed by atoms with Gasteiger partial charge >= 0.3 is 5.97 Å². The van der Waals surface area contributed by atoms with Crippen LogP contribution in [0.25, 0.3) is 0 Å². The Balaban J connectivity index is 2.21. The molecule has 2 unspecified atom stereocenters. The Labute approximate surface area is 88.0 Å². The summed E-state index contributed by atoms with van der Waals surface area (Å²) in [5.74, 6) is -0.831. The molecule has 2 rings (SSSR count). The van der Waals surface area contributed by atoms with E-state index in [0.29, 0.717) is 19.6 Å². The van der Waals surface area contributed by atoms with Gasteiger partial charge < -0.3 is 14.7 Å². The molecule has 5 nitrogen and oxygen atoms in total. The quantitative estimate of drug-likeness (QED) is 0.706. The summed E-state index contributed by atoms with van der Waals surface area (Å²) < 4.78 is 5.22. The van der Waals surface area contributed by atoms with E-state index in [1.54, 1.807) is 11.8 Å². The second kappa shape index (κ2) is 3.48. The SMILES string of the molecule is CC1(C(=O)O)COCC1N1CCCC1=O. The van der Waals surface area contributed by atoms with Crippen LogP contribution >= 0.6 is 0 Å². The number of aliphatic carboxylic acids is 1. The first-order valence-electron chi connectivity index (χ1n) is 5.16. The fraction of sp³-hybridized carbons (Fsp3) is 0.800. The van der Waals surface area contributed by atoms with Gasteiger partial charge in [-0.05, 0) is 13.3 Å². The van der Waals surface area contributed by atoms with Crippen molar-refractivity contribution in [3.8, 4) is 0 Å². The lowest BCUT2D eigenvalue weighted by molar-refractivity contribution is -0.151. The lowest BCUT2D eigenvalue weighted by Gasteiger charge is -2.32. The largest absolute Gasteiger partial charge is 0.481 e. The maximum Gasteiger partial charge on any atom is 0.313 e. The molecule has 0 aromatic carbocycles. The van der Waals surface area contributed by atoms with E-state index in [1.165, 1.54) is 0 Å². The van der Waals surface area contributed by atoms with E-state index in [2.05, 4.69) is 0 Å². The van der Waals surface area contributed by atoms with Gasteiger partial charge in [0.25, 0.3) is 0 Å². The number of ether oxygens (including phenoxy) is 1. The molecule has 2 aliphatic rings. The highest BCUT2D eigenvalue weighted by molar-refractivity contribution is 5.81. The van der Waals surface area contributed by atoms with Crippen LogP contribution in [0.1, 0.15) is 19.8 Å². The van der Waals surface area contributed by atoms with Crippen LogP contribution in [-0.4, -0.2) is 47.7 Å². The van der Waals surface area contributed by atoms with Crippen LogP contribution in [0, 0.1) is 5.41 Å². The number of carbonyl (C=O) groups is 2. The van der Waals surface area contributed by atoms with E-state index in [9.17, 15) is 14.7 Å². The smallest absolute Gasteiger partial charge is 0.313 e. The molecule has 1 amide bonds. The zero-order chi connectivity index (χ0) is 11.1. The molecule has 0 aromatic rings. The van der Waals surface area contributed by atoms with Crippen molar-refractivity contribution in [2.24, 2.45) is 5.41 Å². The van der Waals surface area contributed by atoms with Crippen LogP contribution in [0.2, 0.25) is 0 Å². The standard InChI is InChI=1S/C10H15NO4/c1-10(9(13)14)6-15-5-7(10)11-4-2-3-8(11)12/h7H,2-6H2,1H3,(H,13,14). The second-order valence-corrected chi connectivity index (χ2v) is 4.44. The minimum atomic E-state index is -0.944. The predicted molar refractivity (Wildman–Crippen MR) is 51.3 cm³/mol. The number of hydrogen-bond acceptors (Lipinski definition) is 3. The van der Waals surface area contributed by atoms with Gasteiger partial charge in [0.15, 0.2) is 0 Å². The van der Waals surface area contributed by atoms with E-state index in [4.69, 9.17) is 4.74 Å². The Hall–Kier alpha value is -1.10. The van der Waals surface area contributed by atoms with E-state index < -0.39 is 11.4 Å². The molecule has 0 saturated carbocycles. The van der Waals surface area contributed by atoms with E-state index in [0.717, 1.165) is 6.42 Å². The number of rotatable bonds is 2. The minimum Gasteiger partial charge on any atom is -0.481 e. The highest BCUT2D eigenvalue weighted by Crippen LogP contribution is 2.34. The van der Waals surface area contributed by atoms with Gasteiger partial charge in [0.05, 0.1) is 19.3 Å². The molecule has 0 aliphatic carbocycles. The first-order chi connectivity index (χ1) is 7.05. The van der Waals surface area contributed by atoms with Crippen LogP contribution in [-0.2, 0) is 14.3 Å². The van der Waals surface area contributed by atoms with Gasteiger partial charge in [-0.15, -0.1) is 0 Å². The summed E-state index contributed by atoms with van der Waals surface area (Å²) in [6.07, 6.45) is 1.36. The Morgan fingerprint density at radius 3 is 2.93 bits per heavy atom. The highest BCUT2D eigenvalue weighted by Gasteiger charge is 2.51. The second-order valence-electron chi connectivity index (χ2n) is 4.44. The summed E-state index contributed by atoms with van der Waals surface area (Å²) >= 11 is 0. The normalized spacial score (nSPS) is 36.2. The molecule has 15 heavy (non-hydrogen) atoms. The van der Waals surface area contributed by atoms with E-state index in [-0.39, 0.29) is 18.6 Å². The molecule has 0 spiro atoms. The number of carboxylic acid groups (broad SMARTS) is 1. The van der Waals surface area contributed by atoms with Crippen LogP contribution < -0.4 is 0 Å². The Morgan fingerprint density at radius 2 is 2.40 bits per heavy atom. The average Bonchev–Trinajstić information content (AvgIpc) is 2.72. The molecule has 84 valence electrons. The van der Waals surface area contributed by atoms with Crippen LogP contribution in [0.3, 0.4) is 0 Å². The Kier molecular flexibility index (Phi) is 2.42. The van der Waals surface area contributed by atoms with Gasteiger partial charge in [-0.2, -0.15) is 0 Å². The van der Waals surface area contributed by atoms with Gasteiger partial charge in [-0.3, -0.25) is 9.59 Å². The maximum absolute atomic E-state index is 11.5. The van der Waals surface area contributed by atoms with Gasteiger partial charge in [-0.25, -0.2) is 0 Å². The summed E-state index contributed by atoms with van der Waals surface area (Å²) in [5, 5.41) is 9.17. The maximum atomic E-state index is 11.5. The fourth-order valence-electron chi connectivity index (χ4n) is 2.30. The van der Waals surface area contributed by atoms with Crippen LogP contribution in [0.5, 0.6) is 0 Å². The summed E-state index contributed by atoms with van der Waals surface area (Å²) in [5.41, 5.74) is -0.944. The number of amides is 1.